The van der Waals surface area contributed by atoms with Crippen molar-refractivity contribution >= 4 is 16.8 Å². The van der Waals surface area contributed by atoms with E-state index in [1.807, 2.05) is 49.5 Å². The maximum atomic E-state index is 5.15. The van der Waals surface area contributed by atoms with Gasteiger partial charge in [0.05, 0.1) is 0 Å². The first-order chi connectivity index (χ1) is 25.2. The van der Waals surface area contributed by atoms with Gasteiger partial charge in [-0.1, -0.05) is 121 Å². The fraction of sp³-hybridized carbons (Fsp3) is 0.0638. The molecule has 0 spiro atoms. The van der Waals surface area contributed by atoms with Crippen molar-refractivity contribution in [3.05, 3.63) is 175 Å². The fourth-order valence-electron chi connectivity index (χ4n) is 7.18. The number of allylic oxidation sites excluding steroid dienone is 1. The van der Waals surface area contributed by atoms with Gasteiger partial charge in [0.1, 0.15) is 0 Å². The molecule has 1 aliphatic carbocycles. The molecule has 2 aromatic heterocycles. The average molecular weight is 655 g/mol. The van der Waals surface area contributed by atoms with Gasteiger partial charge in [-0.3, -0.25) is 4.98 Å². The van der Waals surface area contributed by atoms with Gasteiger partial charge >= 0.3 is 0 Å². The second-order valence-corrected chi connectivity index (χ2v) is 13.1. The van der Waals surface area contributed by atoms with Crippen molar-refractivity contribution in [3.8, 4) is 67.5 Å². The number of aromatic nitrogens is 4. The largest absolute Gasteiger partial charge is 0.262 e. The predicted octanol–water partition coefficient (Wildman–Crippen LogP) is 11.7. The van der Waals surface area contributed by atoms with Gasteiger partial charge in [0.15, 0.2) is 17.5 Å². The zero-order valence-corrected chi connectivity index (χ0v) is 28.3. The van der Waals surface area contributed by atoms with Crippen molar-refractivity contribution in [2.45, 2.75) is 19.8 Å². The molecular formula is C47H34N4. The molecular weight excluding hydrogens is 621 g/mol. The lowest BCUT2D eigenvalue weighted by atomic mass is 9.84. The van der Waals surface area contributed by atoms with E-state index in [4.69, 9.17) is 15.0 Å². The maximum Gasteiger partial charge on any atom is 0.164 e. The van der Waals surface area contributed by atoms with Crippen LogP contribution in [0.25, 0.3) is 84.4 Å². The quantitative estimate of drug-likeness (QED) is 0.179. The van der Waals surface area contributed by atoms with Crippen LogP contribution in [0.2, 0.25) is 0 Å². The molecule has 0 atom stereocenters. The summed E-state index contributed by atoms with van der Waals surface area (Å²) in [5.41, 5.74) is 13.4. The number of aryl methyl sites for hydroxylation is 2. The molecule has 0 unspecified atom stereocenters. The van der Waals surface area contributed by atoms with E-state index in [2.05, 4.69) is 126 Å². The summed E-state index contributed by atoms with van der Waals surface area (Å²) in [5, 5.41) is 2.49. The SMILES string of the molecule is Cc1cc(-c2cccc(-c3cc(-c4nc(-c5ccccc5)nc(-c5ccccc5)n4)cc(-c4c5c(cc6ccccc46)CCC=C5)c3)c2)ccn1. The average Bonchev–Trinajstić information content (AvgIpc) is 3.20. The Bertz CT molecular complexity index is 2530. The molecule has 8 aromatic rings. The molecule has 0 radical (unpaired) electrons. The summed E-state index contributed by atoms with van der Waals surface area (Å²) in [6.45, 7) is 2.03. The Morgan fingerprint density at radius 2 is 1.04 bits per heavy atom. The lowest BCUT2D eigenvalue weighted by Crippen LogP contribution is -2.01. The molecule has 4 heteroatoms. The molecule has 1 aliphatic rings. The summed E-state index contributed by atoms with van der Waals surface area (Å²) >= 11 is 0. The molecule has 0 aliphatic heterocycles. The first-order valence-electron chi connectivity index (χ1n) is 17.4. The molecule has 4 nitrogen and oxygen atoms in total. The Balaban J connectivity index is 1.31. The van der Waals surface area contributed by atoms with Crippen LogP contribution in [-0.4, -0.2) is 19.9 Å². The van der Waals surface area contributed by atoms with Crippen LogP contribution in [-0.2, 0) is 6.42 Å². The minimum atomic E-state index is 0.636. The summed E-state index contributed by atoms with van der Waals surface area (Å²) < 4.78 is 0. The van der Waals surface area contributed by atoms with Gasteiger partial charge in [-0.25, -0.2) is 15.0 Å². The number of fused-ring (bicyclic) bond motifs is 2. The second kappa shape index (κ2) is 13.1. The fourth-order valence-corrected chi connectivity index (χ4v) is 7.18. The molecule has 0 saturated heterocycles. The van der Waals surface area contributed by atoms with Crippen molar-refractivity contribution < 1.29 is 0 Å². The van der Waals surface area contributed by atoms with E-state index in [0.29, 0.717) is 17.5 Å². The number of pyridine rings is 1. The smallest absolute Gasteiger partial charge is 0.164 e. The third-order valence-corrected chi connectivity index (χ3v) is 9.65. The summed E-state index contributed by atoms with van der Waals surface area (Å²) in [5.74, 6) is 1.93. The van der Waals surface area contributed by atoms with Crippen LogP contribution in [0.3, 0.4) is 0 Å². The number of hydrogen-bond acceptors (Lipinski definition) is 4. The van der Waals surface area contributed by atoms with Gasteiger partial charge < -0.3 is 0 Å². The molecule has 51 heavy (non-hydrogen) atoms. The Labute approximate surface area is 297 Å². The van der Waals surface area contributed by atoms with E-state index >= 15 is 0 Å². The Hall–Kier alpha value is -6.52. The highest BCUT2D eigenvalue weighted by molar-refractivity contribution is 6.03. The van der Waals surface area contributed by atoms with Crippen LogP contribution in [0.4, 0.5) is 0 Å². The van der Waals surface area contributed by atoms with Crippen molar-refractivity contribution in [2.75, 3.05) is 0 Å². The van der Waals surface area contributed by atoms with Crippen LogP contribution in [0.5, 0.6) is 0 Å². The number of benzene rings is 6. The van der Waals surface area contributed by atoms with Crippen molar-refractivity contribution in [1.82, 2.24) is 19.9 Å². The summed E-state index contributed by atoms with van der Waals surface area (Å²) in [6, 6.07) is 51.2. The summed E-state index contributed by atoms with van der Waals surface area (Å²) in [6.07, 6.45) is 8.56. The molecule has 9 rings (SSSR count). The first kappa shape index (κ1) is 30.5. The van der Waals surface area contributed by atoms with Gasteiger partial charge in [0.2, 0.25) is 0 Å². The van der Waals surface area contributed by atoms with Crippen LogP contribution in [0.1, 0.15) is 23.2 Å². The molecule has 6 aromatic carbocycles. The summed E-state index contributed by atoms with van der Waals surface area (Å²) in [4.78, 5) is 19.7. The Kier molecular flexibility index (Phi) is 7.82. The van der Waals surface area contributed by atoms with E-state index in [0.717, 1.165) is 63.0 Å². The highest BCUT2D eigenvalue weighted by atomic mass is 15.0. The van der Waals surface area contributed by atoms with Crippen molar-refractivity contribution in [1.29, 1.82) is 0 Å². The Morgan fingerprint density at radius 3 is 1.76 bits per heavy atom. The van der Waals surface area contributed by atoms with E-state index in [9.17, 15) is 0 Å². The van der Waals surface area contributed by atoms with E-state index in [1.54, 1.807) is 0 Å². The number of hydrogen-bond donors (Lipinski definition) is 0. The maximum absolute atomic E-state index is 5.15. The van der Waals surface area contributed by atoms with Gasteiger partial charge in [0.25, 0.3) is 0 Å². The van der Waals surface area contributed by atoms with Crippen LogP contribution >= 0.6 is 0 Å². The van der Waals surface area contributed by atoms with Gasteiger partial charge in [-0.15, -0.1) is 0 Å². The zero-order chi connectivity index (χ0) is 34.1. The molecule has 0 saturated carbocycles. The monoisotopic (exact) mass is 654 g/mol. The minimum Gasteiger partial charge on any atom is -0.262 e. The van der Waals surface area contributed by atoms with Crippen LogP contribution in [0.15, 0.2) is 158 Å². The van der Waals surface area contributed by atoms with E-state index in [1.165, 1.54) is 27.5 Å². The van der Waals surface area contributed by atoms with Crippen LogP contribution < -0.4 is 0 Å². The molecule has 0 N–H and O–H groups in total. The van der Waals surface area contributed by atoms with Crippen molar-refractivity contribution in [3.63, 3.8) is 0 Å². The molecule has 0 amide bonds. The predicted molar refractivity (Wildman–Crippen MR) is 210 cm³/mol. The number of rotatable bonds is 6. The topological polar surface area (TPSA) is 51.6 Å². The lowest BCUT2D eigenvalue weighted by molar-refractivity contribution is 0.989. The molecule has 2 heterocycles. The number of nitrogens with zero attached hydrogens (tertiary/aromatic N) is 4. The van der Waals surface area contributed by atoms with E-state index in [-0.39, 0.29) is 0 Å². The van der Waals surface area contributed by atoms with Crippen molar-refractivity contribution in [2.24, 2.45) is 0 Å². The lowest BCUT2D eigenvalue weighted by Gasteiger charge is -2.20. The van der Waals surface area contributed by atoms with Crippen LogP contribution in [0, 0.1) is 6.92 Å². The summed E-state index contributed by atoms with van der Waals surface area (Å²) in [7, 11) is 0. The standard InChI is InChI=1S/C47H34N4/c1-31-25-36(23-24-48-31)34-19-12-20-35(26-34)39-28-40(44-42-21-10-8-17-37(42)27-38-18-9-11-22-43(38)44)30-41(29-39)47-50-45(32-13-4-2-5-14-32)49-46(51-47)33-15-6-3-7-16-33/h2-8,10-17,19-30H,9,18H2,1H3. The zero-order valence-electron chi connectivity index (χ0n) is 28.3. The van der Waals surface area contributed by atoms with Gasteiger partial charge in [0, 0.05) is 28.6 Å². The second-order valence-electron chi connectivity index (χ2n) is 13.1. The molecule has 0 fully saturated rings. The third-order valence-electron chi connectivity index (χ3n) is 9.65. The minimum absolute atomic E-state index is 0.636. The molecule has 242 valence electrons. The Morgan fingerprint density at radius 1 is 0.471 bits per heavy atom. The highest BCUT2D eigenvalue weighted by Crippen LogP contribution is 2.41. The molecule has 0 bridgehead atoms. The normalized spacial score (nSPS) is 12.2. The van der Waals surface area contributed by atoms with Gasteiger partial charge in [-0.05, 0) is 111 Å². The third kappa shape index (κ3) is 6.02. The van der Waals surface area contributed by atoms with Gasteiger partial charge in [-0.2, -0.15) is 0 Å². The van der Waals surface area contributed by atoms with E-state index < -0.39 is 0 Å². The first-order valence-corrected chi connectivity index (χ1v) is 17.4. The highest BCUT2D eigenvalue weighted by Gasteiger charge is 2.19.